The predicted octanol–water partition coefficient (Wildman–Crippen LogP) is 2.19. The Labute approximate surface area is 135 Å². The van der Waals surface area contributed by atoms with Crippen molar-refractivity contribution in [2.75, 3.05) is 41.7 Å². The molecule has 0 spiro atoms. The van der Waals surface area contributed by atoms with Crippen LogP contribution in [0.15, 0.2) is 0 Å². The van der Waals surface area contributed by atoms with Crippen LogP contribution in [0.3, 0.4) is 0 Å². The molecule has 0 aliphatic carbocycles. The van der Waals surface area contributed by atoms with Crippen molar-refractivity contribution in [1.82, 2.24) is 9.97 Å². The van der Waals surface area contributed by atoms with E-state index in [9.17, 15) is 10.1 Å². The van der Waals surface area contributed by atoms with Gasteiger partial charge in [0.1, 0.15) is 0 Å². The van der Waals surface area contributed by atoms with Crippen molar-refractivity contribution in [3.8, 4) is 0 Å². The Kier molecular flexibility index (Phi) is 4.49. The van der Waals surface area contributed by atoms with Gasteiger partial charge in [0.25, 0.3) is 0 Å². The van der Waals surface area contributed by atoms with E-state index in [4.69, 9.17) is 5.73 Å². The number of hydrogen-bond donors (Lipinski definition) is 1. The second-order valence-electron chi connectivity index (χ2n) is 6.56. The molecule has 3 heterocycles. The molecule has 1 aromatic heterocycles. The molecule has 8 nitrogen and oxygen atoms in total. The average molecular weight is 320 g/mol. The monoisotopic (exact) mass is 320 g/mol. The van der Waals surface area contributed by atoms with Gasteiger partial charge in [-0.1, -0.05) is 6.92 Å². The zero-order valence-electron chi connectivity index (χ0n) is 13.6. The molecule has 2 aliphatic rings. The zero-order chi connectivity index (χ0) is 16.4. The van der Waals surface area contributed by atoms with Gasteiger partial charge in [0.05, 0.1) is 4.92 Å². The van der Waals surface area contributed by atoms with Crippen LogP contribution in [0.5, 0.6) is 0 Å². The third kappa shape index (κ3) is 3.30. The SMILES string of the molecule is CC1CCN(c2nc(N3CCCCC3)nc(N)c2[N+](=O)[O-])CC1. The van der Waals surface area contributed by atoms with E-state index in [1.165, 1.54) is 6.42 Å². The minimum Gasteiger partial charge on any atom is -0.378 e. The summed E-state index contributed by atoms with van der Waals surface area (Å²) in [4.78, 5) is 23.8. The fourth-order valence-electron chi connectivity index (χ4n) is 3.30. The van der Waals surface area contributed by atoms with Gasteiger partial charge in [0, 0.05) is 26.2 Å². The number of nitrogen functional groups attached to an aromatic ring is 1. The Bertz CT molecular complexity index is 580. The molecule has 0 atom stereocenters. The first-order valence-corrected chi connectivity index (χ1v) is 8.38. The molecule has 126 valence electrons. The molecular formula is C15H24N6O2. The van der Waals surface area contributed by atoms with Crippen molar-refractivity contribution in [3.05, 3.63) is 10.1 Å². The standard InChI is InChI=1S/C15H24N6O2/c1-11-5-9-19(10-6-11)14-12(21(22)23)13(16)17-15(18-14)20-7-3-2-4-8-20/h11H,2-10H2,1H3,(H2,16,17,18). The number of hydrogen-bond acceptors (Lipinski definition) is 7. The fourth-order valence-corrected chi connectivity index (χ4v) is 3.30. The summed E-state index contributed by atoms with van der Waals surface area (Å²) in [5, 5.41) is 11.4. The molecule has 2 aliphatic heterocycles. The van der Waals surface area contributed by atoms with E-state index in [0.29, 0.717) is 17.7 Å². The number of nitrogens with two attached hydrogens (primary N) is 1. The summed E-state index contributed by atoms with van der Waals surface area (Å²) in [7, 11) is 0. The van der Waals surface area contributed by atoms with Crippen molar-refractivity contribution < 1.29 is 4.92 Å². The lowest BCUT2D eigenvalue weighted by Crippen LogP contribution is -2.36. The van der Waals surface area contributed by atoms with Crippen molar-refractivity contribution in [3.63, 3.8) is 0 Å². The second-order valence-corrected chi connectivity index (χ2v) is 6.56. The molecule has 8 heteroatoms. The highest BCUT2D eigenvalue weighted by molar-refractivity contribution is 5.71. The van der Waals surface area contributed by atoms with Gasteiger partial charge in [-0.3, -0.25) is 10.1 Å². The van der Waals surface area contributed by atoms with Crippen LogP contribution in [0.1, 0.15) is 39.0 Å². The maximum atomic E-state index is 11.4. The molecule has 2 saturated heterocycles. The normalized spacial score (nSPS) is 19.9. The van der Waals surface area contributed by atoms with Gasteiger partial charge in [-0.05, 0) is 38.0 Å². The molecule has 0 unspecified atom stereocenters. The Balaban J connectivity index is 1.96. The van der Waals surface area contributed by atoms with Gasteiger partial charge in [-0.15, -0.1) is 0 Å². The number of aromatic nitrogens is 2. The van der Waals surface area contributed by atoms with Crippen LogP contribution >= 0.6 is 0 Å². The molecule has 0 bridgehead atoms. The van der Waals surface area contributed by atoms with E-state index in [0.717, 1.165) is 51.9 Å². The van der Waals surface area contributed by atoms with Crippen LogP contribution in [0.2, 0.25) is 0 Å². The topological polar surface area (TPSA) is 101 Å². The first-order chi connectivity index (χ1) is 11.1. The van der Waals surface area contributed by atoms with Crippen molar-refractivity contribution >= 4 is 23.3 Å². The molecule has 23 heavy (non-hydrogen) atoms. The van der Waals surface area contributed by atoms with Gasteiger partial charge >= 0.3 is 5.69 Å². The van der Waals surface area contributed by atoms with E-state index in [1.54, 1.807) is 0 Å². The summed E-state index contributed by atoms with van der Waals surface area (Å²) in [5.74, 6) is 1.53. The summed E-state index contributed by atoms with van der Waals surface area (Å²) >= 11 is 0. The fraction of sp³-hybridized carbons (Fsp3) is 0.733. The maximum Gasteiger partial charge on any atom is 0.353 e. The van der Waals surface area contributed by atoms with Gasteiger partial charge in [0.15, 0.2) is 0 Å². The number of nitrogens with zero attached hydrogens (tertiary/aromatic N) is 5. The minimum atomic E-state index is -0.456. The molecule has 2 fully saturated rings. The van der Waals surface area contributed by atoms with E-state index in [1.807, 2.05) is 4.90 Å². The average Bonchev–Trinajstić information content (AvgIpc) is 2.55. The summed E-state index contributed by atoms with van der Waals surface area (Å²) in [6.07, 6.45) is 5.42. The van der Waals surface area contributed by atoms with Gasteiger partial charge < -0.3 is 15.5 Å². The third-order valence-electron chi connectivity index (χ3n) is 4.79. The molecule has 0 aromatic carbocycles. The minimum absolute atomic E-state index is 0.0285. The molecule has 0 saturated carbocycles. The van der Waals surface area contributed by atoms with E-state index < -0.39 is 4.92 Å². The van der Waals surface area contributed by atoms with E-state index in [-0.39, 0.29) is 11.5 Å². The first-order valence-electron chi connectivity index (χ1n) is 8.38. The highest BCUT2D eigenvalue weighted by Crippen LogP contribution is 2.35. The summed E-state index contributed by atoms with van der Waals surface area (Å²) in [5.41, 5.74) is 5.77. The number of piperidine rings is 2. The molecule has 0 amide bonds. The lowest BCUT2D eigenvalue weighted by molar-refractivity contribution is -0.383. The van der Waals surface area contributed by atoms with Crippen LogP contribution in [0.25, 0.3) is 0 Å². The Morgan fingerprint density at radius 1 is 1.09 bits per heavy atom. The van der Waals surface area contributed by atoms with Crippen LogP contribution in [0, 0.1) is 16.0 Å². The van der Waals surface area contributed by atoms with Crippen LogP contribution in [0.4, 0.5) is 23.3 Å². The van der Waals surface area contributed by atoms with Gasteiger partial charge in [-0.25, -0.2) is 0 Å². The third-order valence-corrected chi connectivity index (χ3v) is 4.79. The summed E-state index contributed by atoms with van der Waals surface area (Å²) in [6, 6.07) is 0. The van der Waals surface area contributed by atoms with Gasteiger partial charge in [0.2, 0.25) is 17.6 Å². The Morgan fingerprint density at radius 2 is 1.74 bits per heavy atom. The quantitative estimate of drug-likeness (QED) is 0.672. The lowest BCUT2D eigenvalue weighted by atomic mass is 9.99. The smallest absolute Gasteiger partial charge is 0.353 e. The number of nitro groups is 1. The van der Waals surface area contributed by atoms with Crippen LogP contribution in [-0.4, -0.2) is 41.1 Å². The van der Waals surface area contributed by atoms with Crippen molar-refractivity contribution in [2.24, 2.45) is 5.92 Å². The van der Waals surface area contributed by atoms with E-state index in [2.05, 4.69) is 21.8 Å². The van der Waals surface area contributed by atoms with E-state index >= 15 is 0 Å². The Hall–Kier alpha value is -2.12. The number of anilines is 3. The number of rotatable bonds is 3. The molecule has 0 radical (unpaired) electrons. The lowest BCUT2D eigenvalue weighted by Gasteiger charge is -2.32. The molecule has 3 rings (SSSR count). The van der Waals surface area contributed by atoms with Crippen molar-refractivity contribution in [2.45, 2.75) is 39.0 Å². The van der Waals surface area contributed by atoms with Gasteiger partial charge in [-0.2, -0.15) is 9.97 Å². The summed E-state index contributed by atoms with van der Waals surface area (Å²) in [6.45, 7) is 5.52. The predicted molar refractivity (Wildman–Crippen MR) is 89.8 cm³/mol. The molecule has 2 N–H and O–H groups in total. The highest BCUT2D eigenvalue weighted by Gasteiger charge is 2.30. The van der Waals surface area contributed by atoms with Crippen LogP contribution < -0.4 is 15.5 Å². The highest BCUT2D eigenvalue weighted by atomic mass is 16.6. The first kappa shape index (κ1) is 15.8. The maximum absolute atomic E-state index is 11.4. The molecular weight excluding hydrogens is 296 g/mol. The summed E-state index contributed by atoms with van der Waals surface area (Å²) < 4.78 is 0. The van der Waals surface area contributed by atoms with Crippen LogP contribution in [-0.2, 0) is 0 Å². The Morgan fingerprint density at radius 3 is 2.35 bits per heavy atom. The largest absolute Gasteiger partial charge is 0.378 e. The zero-order valence-corrected chi connectivity index (χ0v) is 13.6. The van der Waals surface area contributed by atoms with Crippen molar-refractivity contribution in [1.29, 1.82) is 0 Å². The molecule has 1 aromatic rings. The second kappa shape index (κ2) is 6.55.